The van der Waals surface area contributed by atoms with Gasteiger partial charge in [0.05, 0.1) is 0 Å². The van der Waals surface area contributed by atoms with Crippen LogP contribution in [0.3, 0.4) is 0 Å². The van der Waals surface area contributed by atoms with Gasteiger partial charge in [-0.1, -0.05) is 0 Å². The van der Waals surface area contributed by atoms with Gasteiger partial charge in [0.15, 0.2) is 11.5 Å². The van der Waals surface area contributed by atoms with Gasteiger partial charge in [0.25, 0.3) is 0 Å². The fraction of sp³-hybridized carbons (Fsp3) is 0.400. The Morgan fingerprint density at radius 1 is 1.36 bits per heavy atom. The second kappa shape index (κ2) is 3.75. The quantitative estimate of drug-likeness (QED) is 0.654. The highest BCUT2D eigenvalue weighted by Gasteiger charge is 2.17. The molecule has 4 nitrogen and oxygen atoms in total. The van der Waals surface area contributed by atoms with Crippen molar-refractivity contribution in [2.75, 3.05) is 13.1 Å². The monoisotopic (exact) mass is 195 g/mol. The number of hydrogen-bond donors (Lipinski definition) is 3. The van der Waals surface area contributed by atoms with Crippen molar-refractivity contribution in [2.45, 2.75) is 12.5 Å². The average Bonchev–Trinajstić information content (AvgIpc) is 2.62. The van der Waals surface area contributed by atoms with Crippen LogP contribution in [0.15, 0.2) is 18.2 Å². The fourth-order valence-corrected chi connectivity index (χ4v) is 1.51. The second-order valence-electron chi connectivity index (χ2n) is 3.38. The number of ether oxygens (including phenoxy) is 1. The third-order valence-electron chi connectivity index (χ3n) is 2.25. The van der Waals surface area contributed by atoms with Crippen LogP contribution in [-0.4, -0.2) is 29.4 Å². The minimum atomic E-state index is -0.0168. The molecule has 1 heterocycles. The number of rotatable bonds is 2. The van der Waals surface area contributed by atoms with E-state index in [0.717, 1.165) is 19.5 Å². The fourth-order valence-electron chi connectivity index (χ4n) is 1.51. The highest BCUT2D eigenvalue weighted by atomic mass is 16.5. The van der Waals surface area contributed by atoms with E-state index in [0.29, 0.717) is 5.75 Å². The predicted molar refractivity (Wildman–Crippen MR) is 51.7 cm³/mol. The summed E-state index contributed by atoms with van der Waals surface area (Å²) in [4.78, 5) is 0. The lowest BCUT2D eigenvalue weighted by Crippen LogP contribution is -2.19. The largest absolute Gasteiger partial charge is 0.508 e. The molecule has 1 aliphatic rings. The van der Waals surface area contributed by atoms with Crippen LogP contribution in [0.2, 0.25) is 0 Å². The van der Waals surface area contributed by atoms with E-state index in [-0.39, 0.29) is 17.6 Å². The molecular formula is C10H13NO3. The molecule has 0 amide bonds. The summed E-state index contributed by atoms with van der Waals surface area (Å²) in [6, 6.07) is 4.35. The Kier molecular flexibility index (Phi) is 2.45. The van der Waals surface area contributed by atoms with Crippen LogP contribution in [0.5, 0.6) is 17.2 Å². The van der Waals surface area contributed by atoms with Gasteiger partial charge in [-0.05, 0) is 25.1 Å². The molecule has 0 aliphatic carbocycles. The Balaban J connectivity index is 2.08. The molecule has 0 saturated carbocycles. The summed E-state index contributed by atoms with van der Waals surface area (Å²) in [6.45, 7) is 1.75. The van der Waals surface area contributed by atoms with Crippen molar-refractivity contribution in [3.8, 4) is 17.2 Å². The molecule has 1 saturated heterocycles. The van der Waals surface area contributed by atoms with Crippen molar-refractivity contribution in [3.05, 3.63) is 18.2 Å². The molecule has 1 aromatic carbocycles. The molecule has 0 radical (unpaired) electrons. The van der Waals surface area contributed by atoms with E-state index in [1.165, 1.54) is 12.1 Å². The van der Waals surface area contributed by atoms with Gasteiger partial charge in [0, 0.05) is 12.6 Å². The minimum Gasteiger partial charge on any atom is -0.508 e. The van der Waals surface area contributed by atoms with Gasteiger partial charge in [-0.15, -0.1) is 0 Å². The lowest BCUT2D eigenvalue weighted by molar-refractivity contribution is 0.213. The molecule has 1 unspecified atom stereocenters. The zero-order valence-corrected chi connectivity index (χ0v) is 7.73. The third kappa shape index (κ3) is 1.90. The first-order chi connectivity index (χ1) is 6.75. The topological polar surface area (TPSA) is 61.7 Å². The minimum absolute atomic E-state index is 0.0168. The average molecular weight is 195 g/mol. The Hall–Kier alpha value is -1.42. The first kappa shape index (κ1) is 9.15. The molecule has 1 aromatic rings. The Bertz CT molecular complexity index is 321. The van der Waals surface area contributed by atoms with E-state index in [4.69, 9.17) is 9.84 Å². The van der Waals surface area contributed by atoms with Gasteiger partial charge in [0.2, 0.25) is 0 Å². The van der Waals surface area contributed by atoms with E-state index in [9.17, 15) is 5.11 Å². The van der Waals surface area contributed by atoms with Crippen molar-refractivity contribution in [1.29, 1.82) is 0 Å². The van der Waals surface area contributed by atoms with Crippen molar-refractivity contribution < 1.29 is 14.9 Å². The van der Waals surface area contributed by atoms with E-state index in [1.807, 2.05) is 0 Å². The van der Waals surface area contributed by atoms with Gasteiger partial charge in [-0.3, -0.25) is 0 Å². The highest BCUT2D eigenvalue weighted by Crippen LogP contribution is 2.30. The van der Waals surface area contributed by atoms with Crippen LogP contribution < -0.4 is 10.1 Å². The van der Waals surface area contributed by atoms with Crippen molar-refractivity contribution in [1.82, 2.24) is 5.32 Å². The molecule has 76 valence electrons. The number of hydrogen-bond acceptors (Lipinski definition) is 4. The van der Waals surface area contributed by atoms with Crippen molar-refractivity contribution in [2.24, 2.45) is 0 Å². The molecule has 0 bridgehead atoms. The zero-order valence-electron chi connectivity index (χ0n) is 7.73. The van der Waals surface area contributed by atoms with Gasteiger partial charge < -0.3 is 20.3 Å². The molecule has 14 heavy (non-hydrogen) atoms. The maximum Gasteiger partial charge on any atom is 0.161 e. The standard InChI is InChI=1S/C10H13NO3/c12-7-1-2-10(9(13)5-7)14-8-3-4-11-6-8/h1-2,5,8,11-13H,3-4,6H2. The SMILES string of the molecule is Oc1ccc(OC2CCNC2)c(O)c1. The molecule has 1 atom stereocenters. The van der Waals surface area contributed by atoms with Crippen LogP contribution in [0, 0.1) is 0 Å². The number of nitrogens with one attached hydrogen (secondary N) is 1. The summed E-state index contributed by atoms with van der Waals surface area (Å²) in [7, 11) is 0. The van der Waals surface area contributed by atoms with E-state index in [1.54, 1.807) is 6.07 Å². The van der Waals surface area contributed by atoms with Crippen LogP contribution in [-0.2, 0) is 0 Å². The van der Waals surface area contributed by atoms with Crippen molar-refractivity contribution in [3.63, 3.8) is 0 Å². The maximum atomic E-state index is 9.45. The summed E-state index contributed by atoms with van der Waals surface area (Å²) in [5.74, 6) is 0.452. The van der Waals surface area contributed by atoms with Crippen LogP contribution in [0.1, 0.15) is 6.42 Å². The molecule has 0 aromatic heterocycles. The predicted octanol–water partition coefficient (Wildman–Crippen LogP) is 0.839. The second-order valence-corrected chi connectivity index (χ2v) is 3.38. The lowest BCUT2D eigenvalue weighted by atomic mass is 10.3. The molecule has 4 heteroatoms. The number of benzene rings is 1. The van der Waals surface area contributed by atoms with Crippen molar-refractivity contribution >= 4 is 0 Å². The first-order valence-electron chi connectivity index (χ1n) is 4.65. The summed E-state index contributed by atoms with van der Waals surface area (Å²) in [6.07, 6.45) is 1.06. The summed E-state index contributed by atoms with van der Waals surface area (Å²) in [5, 5.41) is 21.7. The third-order valence-corrected chi connectivity index (χ3v) is 2.25. The number of phenols is 2. The van der Waals surface area contributed by atoms with Gasteiger partial charge >= 0.3 is 0 Å². The van der Waals surface area contributed by atoms with Gasteiger partial charge in [0.1, 0.15) is 11.9 Å². The van der Waals surface area contributed by atoms with Gasteiger partial charge in [-0.2, -0.15) is 0 Å². The zero-order chi connectivity index (χ0) is 9.97. The summed E-state index contributed by atoms with van der Waals surface area (Å²) < 4.78 is 5.54. The Labute approximate surface area is 82.1 Å². The normalized spacial score (nSPS) is 21.0. The lowest BCUT2D eigenvalue weighted by Gasteiger charge is -2.13. The molecule has 1 fully saturated rings. The molecule has 0 spiro atoms. The first-order valence-corrected chi connectivity index (χ1v) is 4.65. The molecular weight excluding hydrogens is 182 g/mol. The van der Waals surface area contributed by atoms with E-state index in [2.05, 4.69) is 5.32 Å². The number of aromatic hydroxyl groups is 2. The summed E-state index contributed by atoms with van der Waals surface area (Å²) in [5.41, 5.74) is 0. The Morgan fingerprint density at radius 3 is 2.86 bits per heavy atom. The smallest absolute Gasteiger partial charge is 0.161 e. The number of phenolic OH excluding ortho intramolecular Hbond substituents is 2. The summed E-state index contributed by atoms with van der Waals surface area (Å²) >= 11 is 0. The molecule has 1 aliphatic heterocycles. The molecule has 2 rings (SSSR count). The Morgan fingerprint density at radius 2 is 2.21 bits per heavy atom. The van der Waals surface area contributed by atoms with Crippen LogP contribution >= 0.6 is 0 Å². The van der Waals surface area contributed by atoms with Crippen LogP contribution in [0.25, 0.3) is 0 Å². The van der Waals surface area contributed by atoms with E-state index >= 15 is 0 Å². The highest BCUT2D eigenvalue weighted by molar-refractivity contribution is 5.43. The van der Waals surface area contributed by atoms with Gasteiger partial charge in [-0.25, -0.2) is 0 Å². The molecule has 3 N–H and O–H groups in total. The maximum absolute atomic E-state index is 9.45. The van der Waals surface area contributed by atoms with E-state index < -0.39 is 0 Å². The van der Waals surface area contributed by atoms with Crippen LogP contribution in [0.4, 0.5) is 0 Å².